The molecule has 5 heteroatoms. The van der Waals surface area contributed by atoms with Gasteiger partial charge in [0.2, 0.25) is 0 Å². The molecule has 0 aliphatic heterocycles. The molecular weight excluding hydrogens is 298 g/mol. The standard InChI is InChI=1S/C17H21NO3S/c1-4-6-12-11(2)18-16-13(7-5-8-14(16)21-3)17(12)22-10-9-15(19)20/h5,7-8H,4,6,9-10H2,1-3H3,(H,19,20)/p-1. The van der Waals surface area contributed by atoms with Crippen LogP contribution in [0, 0.1) is 6.92 Å². The molecule has 22 heavy (non-hydrogen) atoms. The summed E-state index contributed by atoms with van der Waals surface area (Å²) in [5.74, 6) is 0.219. The number of carboxylic acids is 1. The minimum absolute atomic E-state index is 0.0447. The van der Waals surface area contributed by atoms with Gasteiger partial charge in [-0.25, -0.2) is 4.98 Å². The van der Waals surface area contributed by atoms with Gasteiger partial charge in [0.1, 0.15) is 11.3 Å². The Morgan fingerprint density at radius 1 is 1.41 bits per heavy atom. The fraction of sp³-hybridized carbons (Fsp3) is 0.412. The maximum absolute atomic E-state index is 10.7. The van der Waals surface area contributed by atoms with Crippen molar-refractivity contribution in [1.82, 2.24) is 4.98 Å². The van der Waals surface area contributed by atoms with Crippen molar-refractivity contribution in [3.05, 3.63) is 29.5 Å². The molecule has 0 aliphatic carbocycles. The number of pyridine rings is 1. The van der Waals surface area contributed by atoms with Crippen molar-refractivity contribution in [1.29, 1.82) is 0 Å². The van der Waals surface area contributed by atoms with Crippen LogP contribution in [-0.2, 0) is 11.2 Å². The fourth-order valence-corrected chi connectivity index (χ4v) is 3.71. The van der Waals surface area contributed by atoms with Crippen molar-refractivity contribution in [3.63, 3.8) is 0 Å². The Morgan fingerprint density at radius 3 is 2.82 bits per heavy atom. The Bertz CT molecular complexity index is 685. The second kappa shape index (κ2) is 7.49. The van der Waals surface area contributed by atoms with Crippen molar-refractivity contribution in [2.24, 2.45) is 0 Å². The van der Waals surface area contributed by atoms with Gasteiger partial charge in [-0.1, -0.05) is 25.5 Å². The number of hydrogen-bond donors (Lipinski definition) is 0. The number of thioether (sulfide) groups is 1. The van der Waals surface area contributed by atoms with E-state index < -0.39 is 5.97 Å². The van der Waals surface area contributed by atoms with E-state index in [1.165, 1.54) is 5.56 Å². The third kappa shape index (κ3) is 3.53. The van der Waals surface area contributed by atoms with E-state index in [9.17, 15) is 9.90 Å². The van der Waals surface area contributed by atoms with Crippen molar-refractivity contribution < 1.29 is 14.6 Å². The second-order valence-corrected chi connectivity index (χ2v) is 6.19. The number of para-hydroxylation sites is 1. The molecule has 0 saturated heterocycles. The third-order valence-electron chi connectivity index (χ3n) is 3.51. The number of aryl methyl sites for hydroxylation is 1. The molecule has 1 aromatic carbocycles. The lowest BCUT2D eigenvalue weighted by Gasteiger charge is -2.16. The molecule has 0 unspecified atom stereocenters. The van der Waals surface area contributed by atoms with E-state index in [0.29, 0.717) is 5.75 Å². The van der Waals surface area contributed by atoms with Crippen LogP contribution < -0.4 is 9.84 Å². The molecule has 0 N–H and O–H groups in total. The summed E-state index contributed by atoms with van der Waals surface area (Å²) >= 11 is 1.56. The number of fused-ring (bicyclic) bond motifs is 1. The maximum atomic E-state index is 10.7. The van der Waals surface area contributed by atoms with Gasteiger partial charge in [0.05, 0.1) is 7.11 Å². The number of carbonyl (C=O) groups is 1. The average Bonchev–Trinajstić information content (AvgIpc) is 2.49. The minimum Gasteiger partial charge on any atom is -0.550 e. The van der Waals surface area contributed by atoms with E-state index in [0.717, 1.165) is 40.1 Å². The first kappa shape index (κ1) is 16.6. The summed E-state index contributed by atoms with van der Waals surface area (Å²) in [6.07, 6.45) is 1.99. The summed E-state index contributed by atoms with van der Waals surface area (Å²) in [4.78, 5) is 16.5. The van der Waals surface area contributed by atoms with E-state index in [4.69, 9.17) is 9.72 Å². The molecule has 1 heterocycles. The second-order valence-electron chi connectivity index (χ2n) is 5.08. The van der Waals surface area contributed by atoms with Crippen LogP contribution in [0.25, 0.3) is 10.9 Å². The molecule has 0 fully saturated rings. The molecule has 0 radical (unpaired) electrons. The molecule has 2 aromatic rings. The van der Waals surface area contributed by atoms with Gasteiger partial charge in [-0.2, -0.15) is 0 Å². The summed E-state index contributed by atoms with van der Waals surface area (Å²) in [5.41, 5.74) is 3.01. The van der Waals surface area contributed by atoms with Gasteiger partial charge in [-0.05, 0) is 31.4 Å². The van der Waals surface area contributed by atoms with E-state index >= 15 is 0 Å². The van der Waals surface area contributed by atoms with Crippen LogP contribution in [0.4, 0.5) is 0 Å². The number of ether oxygens (including phenoxy) is 1. The predicted molar refractivity (Wildman–Crippen MR) is 87.4 cm³/mol. The molecule has 2 rings (SSSR count). The van der Waals surface area contributed by atoms with Crippen LogP contribution in [0.15, 0.2) is 23.1 Å². The molecule has 0 amide bonds. The third-order valence-corrected chi connectivity index (χ3v) is 4.67. The summed E-state index contributed by atoms with van der Waals surface area (Å²) in [7, 11) is 1.63. The van der Waals surface area contributed by atoms with E-state index in [1.54, 1.807) is 18.9 Å². The lowest BCUT2D eigenvalue weighted by atomic mass is 10.0. The molecule has 118 valence electrons. The molecule has 1 aromatic heterocycles. The smallest absolute Gasteiger partial charge is 0.145 e. The number of aliphatic carboxylic acids is 1. The van der Waals surface area contributed by atoms with E-state index in [2.05, 4.69) is 6.92 Å². The Labute approximate surface area is 134 Å². The number of carboxylic acid groups (broad SMARTS) is 1. The number of carbonyl (C=O) groups excluding carboxylic acids is 1. The van der Waals surface area contributed by atoms with Gasteiger partial charge >= 0.3 is 0 Å². The molecule has 0 saturated carbocycles. The van der Waals surface area contributed by atoms with Crippen molar-refractivity contribution in [2.45, 2.75) is 38.0 Å². The zero-order chi connectivity index (χ0) is 16.1. The topological polar surface area (TPSA) is 62.2 Å². The van der Waals surface area contributed by atoms with Crippen LogP contribution in [0.1, 0.15) is 31.0 Å². The van der Waals surface area contributed by atoms with Gasteiger partial charge in [-0.3, -0.25) is 0 Å². The summed E-state index contributed by atoms with van der Waals surface area (Å²) in [5, 5.41) is 11.7. The highest BCUT2D eigenvalue weighted by molar-refractivity contribution is 7.99. The van der Waals surface area contributed by atoms with Crippen molar-refractivity contribution in [3.8, 4) is 5.75 Å². The van der Waals surface area contributed by atoms with Crippen molar-refractivity contribution in [2.75, 3.05) is 12.9 Å². The number of aromatic nitrogens is 1. The quantitative estimate of drug-likeness (QED) is 0.735. The van der Waals surface area contributed by atoms with Crippen LogP contribution in [-0.4, -0.2) is 23.8 Å². The summed E-state index contributed by atoms with van der Waals surface area (Å²) < 4.78 is 5.40. The molecule has 0 aliphatic rings. The first-order valence-electron chi connectivity index (χ1n) is 7.37. The lowest BCUT2D eigenvalue weighted by Crippen LogP contribution is -2.22. The van der Waals surface area contributed by atoms with Gasteiger partial charge in [0.15, 0.2) is 0 Å². The Balaban J connectivity index is 2.55. The predicted octanol–water partition coefficient (Wildman–Crippen LogP) is 2.74. The van der Waals surface area contributed by atoms with Gasteiger partial charge < -0.3 is 14.6 Å². The first-order chi connectivity index (χ1) is 10.6. The Hall–Kier alpha value is -1.75. The van der Waals surface area contributed by atoms with Crippen molar-refractivity contribution >= 4 is 28.6 Å². The lowest BCUT2D eigenvalue weighted by molar-refractivity contribution is -0.305. The minimum atomic E-state index is -1.02. The number of methoxy groups -OCH3 is 1. The zero-order valence-electron chi connectivity index (χ0n) is 13.1. The van der Waals surface area contributed by atoms with E-state index in [1.807, 2.05) is 25.1 Å². The number of benzene rings is 1. The normalized spacial score (nSPS) is 10.9. The fourth-order valence-electron chi connectivity index (χ4n) is 2.49. The van der Waals surface area contributed by atoms with E-state index in [-0.39, 0.29) is 6.42 Å². The molecule has 0 atom stereocenters. The molecular formula is C17H20NO3S-. The van der Waals surface area contributed by atoms with Gasteiger partial charge in [0, 0.05) is 27.7 Å². The van der Waals surface area contributed by atoms with Crippen LogP contribution in [0.3, 0.4) is 0 Å². The number of hydrogen-bond acceptors (Lipinski definition) is 5. The molecule has 0 spiro atoms. The maximum Gasteiger partial charge on any atom is 0.145 e. The van der Waals surface area contributed by atoms with Gasteiger partial charge in [-0.15, -0.1) is 11.8 Å². The van der Waals surface area contributed by atoms with Crippen LogP contribution >= 0.6 is 11.8 Å². The molecule has 0 bridgehead atoms. The SMILES string of the molecule is CCCc1c(C)nc2c(OC)cccc2c1SCCC(=O)[O-]. The first-order valence-corrected chi connectivity index (χ1v) is 8.35. The molecule has 4 nitrogen and oxygen atoms in total. The number of rotatable bonds is 7. The Morgan fingerprint density at radius 2 is 2.18 bits per heavy atom. The Kier molecular flexibility index (Phi) is 5.66. The van der Waals surface area contributed by atoms with Gasteiger partial charge in [0.25, 0.3) is 0 Å². The monoisotopic (exact) mass is 318 g/mol. The van der Waals surface area contributed by atoms with Crippen LogP contribution in [0.5, 0.6) is 5.75 Å². The highest BCUT2D eigenvalue weighted by Crippen LogP contribution is 2.36. The highest BCUT2D eigenvalue weighted by Gasteiger charge is 2.15. The number of nitrogens with zero attached hydrogens (tertiary/aromatic N) is 1. The van der Waals surface area contributed by atoms with Crippen LogP contribution in [0.2, 0.25) is 0 Å². The average molecular weight is 318 g/mol. The summed E-state index contributed by atoms with van der Waals surface area (Å²) in [6.45, 7) is 4.13. The zero-order valence-corrected chi connectivity index (χ0v) is 14.0. The largest absolute Gasteiger partial charge is 0.550 e. The summed E-state index contributed by atoms with van der Waals surface area (Å²) in [6, 6.07) is 5.85. The highest BCUT2D eigenvalue weighted by atomic mass is 32.2.